The van der Waals surface area contributed by atoms with E-state index >= 15 is 0 Å². The van der Waals surface area contributed by atoms with Gasteiger partial charge >= 0.3 is 5.65 Å². The third-order valence-corrected chi connectivity index (χ3v) is 5.75. The van der Waals surface area contributed by atoms with E-state index in [1.165, 1.54) is 6.20 Å². The molecule has 1 amide bonds. The zero-order valence-corrected chi connectivity index (χ0v) is 17.5. The molecule has 0 bridgehead atoms. The van der Waals surface area contributed by atoms with Gasteiger partial charge in [0.05, 0.1) is 17.1 Å². The number of hydrogen-bond acceptors (Lipinski definition) is 4. The lowest BCUT2D eigenvalue weighted by molar-refractivity contribution is -0.346. The Kier molecular flexibility index (Phi) is 6.01. The van der Waals surface area contributed by atoms with E-state index in [0.717, 1.165) is 18.0 Å². The lowest BCUT2D eigenvalue weighted by Crippen LogP contribution is -2.21. The summed E-state index contributed by atoms with van der Waals surface area (Å²) in [6.45, 7) is 5.58. The highest BCUT2D eigenvalue weighted by atomic mass is 32.2. The largest absolute Gasteiger partial charge is 0.346 e. The number of nitrogens with one attached hydrogen (secondary N) is 4. The van der Waals surface area contributed by atoms with Crippen molar-refractivity contribution in [3.63, 3.8) is 0 Å². The molecule has 3 rings (SSSR count). The van der Waals surface area contributed by atoms with Gasteiger partial charge in [0.2, 0.25) is 15.8 Å². The van der Waals surface area contributed by atoms with Crippen molar-refractivity contribution in [2.24, 2.45) is 0 Å². The Morgan fingerprint density at radius 2 is 2.03 bits per heavy atom. The van der Waals surface area contributed by atoms with E-state index in [0.29, 0.717) is 17.6 Å². The SMILES string of the molecule is CCCS(=O)(=O)Nc1ccc(F)c(C(=O)Nc2c[nH+]c3nc(C(C)C)[nH]c3c2)c1F. The number of halogens is 2. The van der Waals surface area contributed by atoms with Crippen LogP contribution in [0.5, 0.6) is 0 Å². The summed E-state index contributed by atoms with van der Waals surface area (Å²) >= 11 is 0. The Morgan fingerprint density at radius 3 is 2.70 bits per heavy atom. The zero-order valence-electron chi connectivity index (χ0n) is 16.6. The summed E-state index contributed by atoms with van der Waals surface area (Å²) in [5.74, 6) is -2.79. The van der Waals surface area contributed by atoms with Crippen molar-refractivity contribution in [3.8, 4) is 0 Å². The Bertz CT molecular complexity index is 1210. The third kappa shape index (κ3) is 4.56. The minimum Gasteiger partial charge on any atom is -0.319 e. The van der Waals surface area contributed by atoms with Crippen LogP contribution in [-0.2, 0) is 10.0 Å². The maximum atomic E-state index is 14.8. The number of anilines is 2. The predicted octanol–water partition coefficient (Wildman–Crippen LogP) is 3.18. The molecule has 0 aliphatic carbocycles. The first-order valence-corrected chi connectivity index (χ1v) is 11.0. The standard InChI is InChI=1S/C19H21F2N5O3S/c1-4-7-30(28,29)26-13-6-5-12(20)15(16(13)21)19(27)23-11-8-14-18(22-9-11)25-17(24-14)10(2)3/h5-6,8-10,26H,4,7H2,1-3H3,(H,23,27)(H,22,24,25)/p+1. The summed E-state index contributed by atoms with van der Waals surface area (Å²) in [6, 6.07) is 3.35. The molecule has 0 saturated carbocycles. The van der Waals surface area contributed by atoms with E-state index in [9.17, 15) is 22.0 Å². The van der Waals surface area contributed by atoms with Gasteiger partial charge in [-0.1, -0.05) is 20.8 Å². The number of benzene rings is 1. The number of imidazole rings is 1. The minimum absolute atomic E-state index is 0.159. The molecule has 0 spiro atoms. The van der Waals surface area contributed by atoms with Gasteiger partial charge in [0, 0.05) is 5.92 Å². The molecule has 0 unspecified atom stereocenters. The number of rotatable bonds is 7. The normalized spacial score (nSPS) is 11.8. The minimum atomic E-state index is -3.81. The van der Waals surface area contributed by atoms with Crippen LogP contribution < -0.4 is 15.0 Å². The van der Waals surface area contributed by atoms with Crippen LogP contribution >= 0.6 is 0 Å². The molecule has 0 fully saturated rings. The molecule has 160 valence electrons. The Morgan fingerprint density at radius 1 is 1.30 bits per heavy atom. The highest BCUT2D eigenvalue weighted by molar-refractivity contribution is 7.92. The van der Waals surface area contributed by atoms with Crippen molar-refractivity contribution >= 4 is 38.5 Å². The summed E-state index contributed by atoms with van der Waals surface area (Å²) in [6.07, 6.45) is 1.76. The van der Waals surface area contributed by atoms with Crippen LogP contribution in [0.15, 0.2) is 24.4 Å². The summed E-state index contributed by atoms with van der Waals surface area (Å²) in [5.41, 5.74) is 0.0496. The van der Waals surface area contributed by atoms with Crippen LogP contribution in [0.2, 0.25) is 0 Å². The smallest absolute Gasteiger partial charge is 0.319 e. The molecule has 4 N–H and O–H groups in total. The van der Waals surface area contributed by atoms with Gasteiger partial charge in [0.15, 0.2) is 5.82 Å². The predicted molar refractivity (Wildman–Crippen MR) is 109 cm³/mol. The molecule has 0 radical (unpaired) electrons. The van der Waals surface area contributed by atoms with Gasteiger partial charge in [0.1, 0.15) is 23.1 Å². The fraction of sp³-hybridized carbons (Fsp3) is 0.316. The van der Waals surface area contributed by atoms with E-state index in [1.54, 1.807) is 13.0 Å². The molecule has 0 aliphatic rings. The molecular weight excluding hydrogens is 416 g/mol. The third-order valence-electron chi connectivity index (χ3n) is 4.28. The number of amides is 1. The quantitative estimate of drug-likeness (QED) is 0.525. The van der Waals surface area contributed by atoms with Crippen LogP contribution in [0.25, 0.3) is 11.2 Å². The van der Waals surface area contributed by atoms with Gasteiger partial charge in [0.25, 0.3) is 5.91 Å². The first-order chi connectivity index (χ1) is 14.1. The van der Waals surface area contributed by atoms with Gasteiger partial charge in [-0.15, -0.1) is 0 Å². The van der Waals surface area contributed by atoms with E-state index < -0.39 is 38.8 Å². The molecule has 3 aromatic rings. The molecule has 1 aromatic carbocycles. The maximum absolute atomic E-state index is 14.8. The number of aromatic nitrogens is 3. The molecule has 2 heterocycles. The van der Waals surface area contributed by atoms with E-state index in [4.69, 9.17) is 0 Å². The molecule has 2 aromatic heterocycles. The molecule has 0 saturated heterocycles. The fourth-order valence-corrected chi connectivity index (χ4v) is 3.96. The van der Waals surface area contributed by atoms with Crippen LogP contribution in [0.1, 0.15) is 49.3 Å². The highest BCUT2D eigenvalue weighted by Crippen LogP contribution is 2.24. The lowest BCUT2D eigenvalue weighted by atomic mass is 10.1. The van der Waals surface area contributed by atoms with Gasteiger partial charge < -0.3 is 10.3 Å². The highest BCUT2D eigenvalue weighted by Gasteiger charge is 2.24. The van der Waals surface area contributed by atoms with Crippen molar-refractivity contribution in [1.29, 1.82) is 0 Å². The fourth-order valence-electron chi connectivity index (χ4n) is 2.83. The topological polar surface area (TPSA) is 118 Å². The number of nitrogens with zero attached hydrogens (tertiary/aromatic N) is 1. The molecule has 11 heteroatoms. The van der Waals surface area contributed by atoms with Crippen LogP contribution in [-0.4, -0.2) is 30.0 Å². The second-order valence-corrected chi connectivity index (χ2v) is 8.93. The van der Waals surface area contributed by atoms with Crippen LogP contribution in [0, 0.1) is 11.6 Å². The van der Waals surface area contributed by atoms with Crippen LogP contribution in [0.3, 0.4) is 0 Å². The molecule has 0 aliphatic heterocycles. The Labute approximate surface area is 172 Å². The second-order valence-electron chi connectivity index (χ2n) is 7.09. The zero-order chi connectivity index (χ0) is 22.1. The van der Waals surface area contributed by atoms with Crippen molar-refractivity contribution in [2.45, 2.75) is 33.1 Å². The van der Waals surface area contributed by atoms with Gasteiger partial charge in [-0.05, 0) is 29.6 Å². The number of carbonyl (C=O) groups excluding carboxylic acids is 1. The van der Waals surface area contributed by atoms with E-state index in [1.807, 2.05) is 18.6 Å². The average molecular weight is 438 g/mol. The van der Waals surface area contributed by atoms with Crippen molar-refractivity contribution in [1.82, 2.24) is 9.97 Å². The summed E-state index contributed by atoms with van der Waals surface area (Å²) in [5, 5.41) is 2.41. The average Bonchev–Trinajstić information content (AvgIpc) is 3.08. The second kappa shape index (κ2) is 8.34. The number of H-pyrrole nitrogens is 2. The van der Waals surface area contributed by atoms with Crippen molar-refractivity contribution in [2.75, 3.05) is 15.8 Å². The summed E-state index contributed by atoms with van der Waals surface area (Å²) in [7, 11) is -3.81. The monoisotopic (exact) mass is 438 g/mol. The lowest BCUT2D eigenvalue weighted by Gasteiger charge is -2.12. The number of hydrogen-bond donors (Lipinski definition) is 3. The number of fused-ring (bicyclic) bond motifs is 1. The first kappa shape index (κ1) is 21.6. The van der Waals surface area contributed by atoms with Gasteiger partial charge in [-0.2, -0.15) is 0 Å². The van der Waals surface area contributed by atoms with Crippen molar-refractivity contribution < 1.29 is 27.0 Å². The summed E-state index contributed by atoms with van der Waals surface area (Å²) < 4.78 is 54.8. The number of sulfonamides is 1. The maximum Gasteiger partial charge on any atom is 0.346 e. The molecule has 8 nitrogen and oxygen atoms in total. The number of carbonyl (C=O) groups is 1. The van der Waals surface area contributed by atoms with E-state index in [-0.39, 0.29) is 17.4 Å². The van der Waals surface area contributed by atoms with Crippen LogP contribution in [0.4, 0.5) is 20.2 Å². The molecule has 0 atom stereocenters. The first-order valence-electron chi connectivity index (χ1n) is 9.32. The van der Waals surface area contributed by atoms with Gasteiger partial charge in [-0.25, -0.2) is 22.2 Å². The van der Waals surface area contributed by atoms with Gasteiger partial charge in [-0.3, -0.25) is 9.52 Å². The van der Waals surface area contributed by atoms with E-state index in [2.05, 4.69) is 20.3 Å². The van der Waals surface area contributed by atoms with Crippen molar-refractivity contribution in [3.05, 3.63) is 47.4 Å². The molecular formula is C19H22F2N5O3S+. The summed E-state index contributed by atoms with van der Waals surface area (Å²) in [4.78, 5) is 22.9. The number of aromatic amines is 2. The molecule has 30 heavy (non-hydrogen) atoms. The Balaban J connectivity index is 1.89. The Hall–Kier alpha value is -3.08. The number of pyridine rings is 1.